The summed E-state index contributed by atoms with van der Waals surface area (Å²) in [5.41, 5.74) is 5.71. The molecule has 0 aliphatic rings. The van der Waals surface area contributed by atoms with E-state index in [0.717, 1.165) is 22.2 Å². The van der Waals surface area contributed by atoms with Crippen molar-refractivity contribution in [2.75, 3.05) is 0 Å². The summed E-state index contributed by atoms with van der Waals surface area (Å²) < 4.78 is 0. The Hall–Kier alpha value is -1.28. The second-order valence-electron chi connectivity index (χ2n) is 3.89. The molecule has 0 saturated carbocycles. The van der Waals surface area contributed by atoms with E-state index >= 15 is 0 Å². The first kappa shape index (κ1) is 9.28. The molecule has 0 spiro atoms. The highest BCUT2D eigenvalue weighted by Gasteiger charge is 2.09. The fourth-order valence-corrected chi connectivity index (χ4v) is 2.04. The first-order chi connectivity index (χ1) is 6.63. The van der Waals surface area contributed by atoms with Crippen LogP contribution in [0.25, 0.3) is 10.9 Å². The predicted octanol–water partition coefficient (Wildman–Crippen LogP) is 2.59. The van der Waals surface area contributed by atoms with Crippen molar-refractivity contribution < 1.29 is 5.11 Å². The molecular formula is C12H15NO. The van der Waals surface area contributed by atoms with Crippen molar-refractivity contribution in [3.63, 3.8) is 0 Å². The molecule has 1 aromatic heterocycles. The van der Waals surface area contributed by atoms with Gasteiger partial charge in [0.15, 0.2) is 0 Å². The first-order valence-electron chi connectivity index (χ1n) is 4.82. The van der Waals surface area contributed by atoms with Crippen LogP contribution < -0.4 is 0 Å². The SMILES string of the molecule is Cc1cc(C)c2[nH]c(C)c(CO)c2c1. The highest BCUT2D eigenvalue weighted by molar-refractivity contribution is 5.87. The Kier molecular flexibility index (Phi) is 2.08. The van der Waals surface area contributed by atoms with E-state index in [9.17, 15) is 5.11 Å². The van der Waals surface area contributed by atoms with E-state index in [1.54, 1.807) is 0 Å². The third kappa shape index (κ3) is 1.23. The highest BCUT2D eigenvalue weighted by Crippen LogP contribution is 2.25. The van der Waals surface area contributed by atoms with E-state index in [1.165, 1.54) is 11.1 Å². The number of aromatic nitrogens is 1. The van der Waals surface area contributed by atoms with Crippen LogP contribution in [0, 0.1) is 20.8 Å². The maximum atomic E-state index is 9.27. The van der Waals surface area contributed by atoms with Gasteiger partial charge in [0.2, 0.25) is 0 Å². The monoisotopic (exact) mass is 189 g/mol. The number of aromatic amines is 1. The smallest absolute Gasteiger partial charge is 0.0705 e. The van der Waals surface area contributed by atoms with Crippen LogP contribution in [0.1, 0.15) is 22.4 Å². The molecule has 2 rings (SSSR count). The van der Waals surface area contributed by atoms with Crippen molar-refractivity contribution in [1.29, 1.82) is 0 Å². The van der Waals surface area contributed by atoms with Gasteiger partial charge >= 0.3 is 0 Å². The predicted molar refractivity (Wildman–Crippen MR) is 58.4 cm³/mol. The van der Waals surface area contributed by atoms with Gasteiger partial charge in [-0.05, 0) is 32.4 Å². The zero-order valence-corrected chi connectivity index (χ0v) is 8.81. The average Bonchev–Trinajstić information content (AvgIpc) is 2.41. The molecule has 74 valence electrons. The van der Waals surface area contributed by atoms with Crippen LogP contribution in [-0.4, -0.2) is 10.1 Å². The molecule has 0 saturated heterocycles. The van der Waals surface area contributed by atoms with Crippen LogP contribution in [0.2, 0.25) is 0 Å². The van der Waals surface area contributed by atoms with Gasteiger partial charge in [0.05, 0.1) is 6.61 Å². The molecule has 0 unspecified atom stereocenters. The second-order valence-corrected chi connectivity index (χ2v) is 3.89. The van der Waals surface area contributed by atoms with Gasteiger partial charge in [-0.2, -0.15) is 0 Å². The summed E-state index contributed by atoms with van der Waals surface area (Å²) in [7, 11) is 0. The summed E-state index contributed by atoms with van der Waals surface area (Å²) in [6, 6.07) is 4.27. The minimum atomic E-state index is 0.106. The van der Waals surface area contributed by atoms with Gasteiger partial charge in [0, 0.05) is 22.2 Å². The highest BCUT2D eigenvalue weighted by atomic mass is 16.3. The summed E-state index contributed by atoms with van der Waals surface area (Å²) in [6.45, 7) is 6.28. The first-order valence-corrected chi connectivity index (χ1v) is 4.82. The minimum Gasteiger partial charge on any atom is -0.392 e. The Bertz CT molecular complexity index is 483. The number of fused-ring (bicyclic) bond motifs is 1. The van der Waals surface area contributed by atoms with E-state index < -0.39 is 0 Å². The van der Waals surface area contributed by atoms with E-state index in [0.29, 0.717) is 0 Å². The normalized spacial score (nSPS) is 11.1. The van der Waals surface area contributed by atoms with Crippen LogP contribution >= 0.6 is 0 Å². The summed E-state index contributed by atoms with van der Waals surface area (Å²) in [5, 5.41) is 10.4. The van der Waals surface area contributed by atoms with E-state index in [2.05, 4.69) is 31.0 Å². The Balaban J connectivity index is 2.87. The van der Waals surface area contributed by atoms with E-state index in [1.807, 2.05) is 6.92 Å². The van der Waals surface area contributed by atoms with Crippen LogP contribution in [0.5, 0.6) is 0 Å². The molecule has 1 heterocycles. The molecule has 0 amide bonds. The van der Waals surface area contributed by atoms with Crippen molar-refractivity contribution in [1.82, 2.24) is 4.98 Å². The lowest BCUT2D eigenvalue weighted by Crippen LogP contribution is -1.84. The molecule has 0 aliphatic heterocycles. The van der Waals surface area contributed by atoms with Crippen LogP contribution in [0.3, 0.4) is 0 Å². The van der Waals surface area contributed by atoms with Crippen LogP contribution in [-0.2, 0) is 6.61 Å². The molecule has 0 radical (unpaired) electrons. The van der Waals surface area contributed by atoms with Crippen LogP contribution in [0.4, 0.5) is 0 Å². The number of H-pyrrole nitrogens is 1. The van der Waals surface area contributed by atoms with Gasteiger partial charge in [0.25, 0.3) is 0 Å². The topological polar surface area (TPSA) is 36.0 Å². The summed E-state index contributed by atoms with van der Waals surface area (Å²) in [5.74, 6) is 0. The standard InChI is InChI=1S/C12H15NO/c1-7-4-8(2)12-10(5-7)11(6-14)9(3)13-12/h4-5,13-14H,6H2,1-3H3. The molecule has 1 aromatic carbocycles. The van der Waals surface area contributed by atoms with Crippen molar-refractivity contribution >= 4 is 10.9 Å². The molecule has 0 atom stereocenters. The molecule has 2 aromatic rings. The Morgan fingerprint density at radius 1 is 1.21 bits per heavy atom. The molecule has 0 aliphatic carbocycles. The van der Waals surface area contributed by atoms with E-state index in [4.69, 9.17) is 0 Å². The third-order valence-electron chi connectivity index (χ3n) is 2.73. The molecule has 2 heteroatoms. The molecule has 0 fully saturated rings. The number of aryl methyl sites for hydroxylation is 3. The Labute approximate surface area is 83.6 Å². The zero-order valence-electron chi connectivity index (χ0n) is 8.81. The van der Waals surface area contributed by atoms with Gasteiger partial charge in [-0.1, -0.05) is 11.6 Å². The number of aliphatic hydroxyl groups excluding tert-OH is 1. The molecule has 0 bridgehead atoms. The number of aliphatic hydroxyl groups is 1. The summed E-state index contributed by atoms with van der Waals surface area (Å²) in [4.78, 5) is 3.31. The molecule has 14 heavy (non-hydrogen) atoms. The Morgan fingerprint density at radius 3 is 2.57 bits per heavy atom. The lowest BCUT2D eigenvalue weighted by Gasteiger charge is -2.00. The van der Waals surface area contributed by atoms with Crippen molar-refractivity contribution in [2.24, 2.45) is 0 Å². The lowest BCUT2D eigenvalue weighted by atomic mass is 10.1. The number of benzene rings is 1. The van der Waals surface area contributed by atoms with Crippen LogP contribution in [0.15, 0.2) is 12.1 Å². The minimum absolute atomic E-state index is 0.106. The lowest BCUT2D eigenvalue weighted by molar-refractivity contribution is 0.282. The van der Waals surface area contributed by atoms with Crippen molar-refractivity contribution in [2.45, 2.75) is 27.4 Å². The van der Waals surface area contributed by atoms with Gasteiger partial charge in [-0.25, -0.2) is 0 Å². The van der Waals surface area contributed by atoms with E-state index in [-0.39, 0.29) is 6.61 Å². The number of hydrogen-bond acceptors (Lipinski definition) is 1. The summed E-state index contributed by atoms with van der Waals surface area (Å²) >= 11 is 0. The number of nitrogens with one attached hydrogen (secondary N) is 1. The average molecular weight is 189 g/mol. The van der Waals surface area contributed by atoms with Gasteiger partial charge < -0.3 is 10.1 Å². The fourth-order valence-electron chi connectivity index (χ4n) is 2.04. The van der Waals surface area contributed by atoms with Gasteiger partial charge in [-0.3, -0.25) is 0 Å². The van der Waals surface area contributed by atoms with Gasteiger partial charge in [0.1, 0.15) is 0 Å². The largest absolute Gasteiger partial charge is 0.392 e. The molecular weight excluding hydrogens is 174 g/mol. The summed E-state index contributed by atoms with van der Waals surface area (Å²) in [6.07, 6.45) is 0. The van der Waals surface area contributed by atoms with Gasteiger partial charge in [-0.15, -0.1) is 0 Å². The fraction of sp³-hybridized carbons (Fsp3) is 0.333. The quantitative estimate of drug-likeness (QED) is 0.710. The third-order valence-corrected chi connectivity index (χ3v) is 2.73. The Morgan fingerprint density at radius 2 is 1.93 bits per heavy atom. The molecule has 2 N–H and O–H groups in total. The molecule has 2 nitrogen and oxygen atoms in total. The number of rotatable bonds is 1. The zero-order chi connectivity index (χ0) is 10.3. The van der Waals surface area contributed by atoms with Crippen molar-refractivity contribution in [3.8, 4) is 0 Å². The second kappa shape index (κ2) is 3.14. The van der Waals surface area contributed by atoms with Crippen molar-refractivity contribution in [3.05, 3.63) is 34.5 Å². The number of hydrogen-bond donors (Lipinski definition) is 2. The maximum absolute atomic E-state index is 9.27. The maximum Gasteiger partial charge on any atom is 0.0705 e.